The number of hydrogen-bond donors (Lipinski definition) is 0. The lowest BCUT2D eigenvalue weighted by Crippen LogP contribution is -2.07. The molecule has 2 aromatic rings. The third-order valence-electron chi connectivity index (χ3n) is 2.41. The standard InChI is InChI=1S/C14H15N3/c1-17(2)14-7-5-13(6-8-14)16-11-12-4-3-9-15-10-12/h3-11H,1-2H3. The zero-order valence-electron chi connectivity index (χ0n) is 10.0. The molecule has 0 saturated carbocycles. The summed E-state index contributed by atoms with van der Waals surface area (Å²) in [4.78, 5) is 10.5. The average Bonchev–Trinajstić information content (AvgIpc) is 2.38. The van der Waals surface area contributed by atoms with Crippen molar-refractivity contribution in [2.45, 2.75) is 0 Å². The SMILES string of the molecule is CN(C)c1ccc(N=Cc2cccnc2)cc1. The van der Waals surface area contributed by atoms with Crippen LogP contribution in [0.2, 0.25) is 0 Å². The van der Waals surface area contributed by atoms with E-state index >= 15 is 0 Å². The van der Waals surface area contributed by atoms with Crippen LogP contribution < -0.4 is 4.90 Å². The van der Waals surface area contributed by atoms with Crippen molar-refractivity contribution in [1.29, 1.82) is 0 Å². The molecule has 0 aliphatic rings. The van der Waals surface area contributed by atoms with Crippen LogP contribution in [0.25, 0.3) is 0 Å². The lowest BCUT2D eigenvalue weighted by Gasteiger charge is -2.11. The Balaban J connectivity index is 2.12. The number of aliphatic imine (C=N–C) groups is 1. The Labute approximate surface area is 101 Å². The van der Waals surface area contributed by atoms with Gasteiger partial charge in [0.15, 0.2) is 0 Å². The molecule has 0 bridgehead atoms. The third kappa shape index (κ3) is 3.14. The topological polar surface area (TPSA) is 28.5 Å². The van der Waals surface area contributed by atoms with Gasteiger partial charge < -0.3 is 4.90 Å². The lowest BCUT2D eigenvalue weighted by molar-refractivity contribution is 1.13. The highest BCUT2D eigenvalue weighted by Gasteiger charge is 1.94. The second-order valence-corrected chi connectivity index (χ2v) is 3.96. The van der Waals surface area contributed by atoms with Crippen molar-refractivity contribution in [2.24, 2.45) is 4.99 Å². The fraction of sp³-hybridized carbons (Fsp3) is 0.143. The average molecular weight is 225 g/mol. The maximum Gasteiger partial charge on any atom is 0.0631 e. The van der Waals surface area contributed by atoms with Crippen molar-refractivity contribution < 1.29 is 0 Å². The van der Waals surface area contributed by atoms with Crippen LogP contribution in [-0.4, -0.2) is 25.3 Å². The molecule has 0 saturated heterocycles. The number of anilines is 1. The predicted octanol–water partition coefficient (Wildman–Crippen LogP) is 2.90. The van der Waals surface area contributed by atoms with Crippen LogP contribution in [0.4, 0.5) is 11.4 Å². The van der Waals surface area contributed by atoms with E-state index in [2.05, 4.69) is 27.0 Å². The summed E-state index contributed by atoms with van der Waals surface area (Å²) in [6, 6.07) is 12.0. The first-order valence-corrected chi connectivity index (χ1v) is 5.47. The Morgan fingerprint density at radius 3 is 2.47 bits per heavy atom. The van der Waals surface area contributed by atoms with Crippen molar-refractivity contribution in [1.82, 2.24) is 4.98 Å². The lowest BCUT2D eigenvalue weighted by atomic mass is 10.2. The third-order valence-corrected chi connectivity index (χ3v) is 2.41. The Bertz CT molecular complexity index is 487. The van der Waals surface area contributed by atoms with Gasteiger partial charge in [0.25, 0.3) is 0 Å². The van der Waals surface area contributed by atoms with Crippen LogP contribution in [0, 0.1) is 0 Å². The van der Waals surface area contributed by atoms with E-state index in [1.165, 1.54) is 5.69 Å². The summed E-state index contributed by atoms with van der Waals surface area (Å²) >= 11 is 0. The van der Waals surface area contributed by atoms with Crippen molar-refractivity contribution in [2.75, 3.05) is 19.0 Å². The van der Waals surface area contributed by atoms with Crippen LogP contribution in [0.15, 0.2) is 53.8 Å². The second kappa shape index (κ2) is 5.25. The van der Waals surface area contributed by atoms with Crippen LogP contribution in [0.3, 0.4) is 0 Å². The van der Waals surface area contributed by atoms with Crippen molar-refractivity contribution in [3.63, 3.8) is 0 Å². The molecule has 0 atom stereocenters. The molecule has 17 heavy (non-hydrogen) atoms. The van der Waals surface area contributed by atoms with Crippen LogP contribution in [0.5, 0.6) is 0 Å². The molecule has 1 aromatic heterocycles. The van der Waals surface area contributed by atoms with Gasteiger partial charge in [-0.1, -0.05) is 6.07 Å². The summed E-state index contributed by atoms with van der Waals surface area (Å²) in [6.07, 6.45) is 5.36. The highest BCUT2D eigenvalue weighted by atomic mass is 15.1. The minimum atomic E-state index is 0.944. The minimum absolute atomic E-state index is 0.944. The van der Waals surface area contributed by atoms with Crippen LogP contribution in [0.1, 0.15) is 5.56 Å². The van der Waals surface area contributed by atoms with Gasteiger partial charge in [-0.25, -0.2) is 0 Å². The van der Waals surface area contributed by atoms with E-state index in [0.717, 1.165) is 11.3 Å². The molecule has 0 spiro atoms. The smallest absolute Gasteiger partial charge is 0.0631 e. The number of rotatable bonds is 3. The number of hydrogen-bond acceptors (Lipinski definition) is 3. The molecule has 1 heterocycles. The van der Waals surface area contributed by atoms with Crippen LogP contribution >= 0.6 is 0 Å². The maximum absolute atomic E-state index is 4.39. The fourth-order valence-electron chi connectivity index (χ4n) is 1.44. The zero-order valence-corrected chi connectivity index (χ0v) is 10.0. The Morgan fingerprint density at radius 1 is 1.12 bits per heavy atom. The van der Waals surface area contributed by atoms with E-state index in [0.29, 0.717) is 0 Å². The molecule has 0 unspecified atom stereocenters. The largest absolute Gasteiger partial charge is 0.378 e. The molecule has 0 amide bonds. The Morgan fingerprint density at radius 2 is 1.88 bits per heavy atom. The summed E-state index contributed by atoms with van der Waals surface area (Å²) in [5, 5.41) is 0. The van der Waals surface area contributed by atoms with Gasteiger partial charge >= 0.3 is 0 Å². The van der Waals surface area contributed by atoms with E-state index in [-0.39, 0.29) is 0 Å². The van der Waals surface area contributed by atoms with Gasteiger partial charge in [0, 0.05) is 44.0 Å². The molecule has 0 aliphatic heterocycles. The highest BCUT2D eigenvalue weighted by Crippen LogP contribution is 2.17. The van der Waals surface area contributed by atoms with Crippen molar-refractivity contribution in [3.8, 4) is 0 Å². The first kappa shape index (κ1) is 11.3. The van der Waals surface area contributed by atoms with Gasteiger partial charge in [0.05, 0.1) is 5.69 Å². The van der Waals surface area contributed by atoms with Crippen LogP contribution in [-0.2, 0) is 0 Å². The molecule has 0 radical (unpaired) electrons. The molecule has 86 valence electrons. The zero-order chi connectivity index (χ0) is 12.1. The molecular formula is C14H15N3. The monoisotopic (exact) mass is 225 g/mol. The molecule has 0 fully saturated rings. The number of nitrogens with zero attached hydrogens (tertiary/aromatic N) is 3. The first-order chi connectivity index (χ1) is 8.25. The van der Waals surface area contributed by atoms with Crippen molar-refractivity contribution >= 4 is 17.6 Å². The van der Waals surface area contributed by atoms with E-state index in [1.54, 1.807) is 12.4 Å². The van der Waals surface area contributed by atoms with E-state index in [9.17, 15) is 0 Å². The molecule has 1 aromatic carbocycles. The normalized spacial score (nSPS) is 10.7. The van der Waals surface area contributed by atoms with Crippen molar-refractivity contribution in [3.05, 3.63) is 54.4 Å². The first-order valence-electron chi connectivity index (χ1n) is 5.47. The number of aromatic nitrogens is 1. The van der Waals surface area contributed by atoms with Gasteiger partial charge in [-0.3, -0.25) is 9.98 Å². The molecule has 3 heteroatoms. The second-order valence-electron chi connectivity index (χ2n) is 3.96. The number of benzene rings is 1. The van der Waals surface area contributed by atoms with E-state index < -0.39 is 0 Å². The minimum Gasteiger partial charge on any atom is -0.378 e. The Hall–Kier alpha value is -2.16. The summed E-state index contributed by atoms with van der Waals surface area (Å²) < 4.78 is 0. The summed E-state index contributed by atoms with van der Waals surface area (Å²) in [7, 11) is 4.04. The van der Waals surface area contributed by atoms with Gasteiger partial charge in [0.2, 0.25) is 0 Å². The van der Waals surface area contributed by atoms with E-state index in [1.807, 2.05) is 44.6 Å². The highest BCUT2D eigenvalue weighted by molar-refractivity contribution is 5.81. The summed E-state index contributed by atoms with van der Waals surface area (Å²) in [5.41, 5.74) is 3.12. The van der Waals surface area contributed by atoms with Gasteiger partial charge in [-0.2, -0.15) is 0 Å². The fourth-order valence-corrected chi connectivity index (χ4v) is 1.44. The van der Waals surface area contributed by atoms with Gasteiger partial charge in [-0.05, 0) is 30.3 Å². The predicted molar refractivity (Wildman–Crippen MR) is 72.3 cm³/mol. The maximum atomic E-state index is 4.39. The molecular weight excluding hydrogens is 210 g/mol. The molecule has 0 aliphatic carbocycles. The summed E-state index contributed by atoms with van der Waals surface area (Å²) in [6.45, 7) is 0. The van der Waals surface area contributed by atoms with E-state index in [4.69, 9.17) is 0 Å². The summed E-state index contributed by atoms with van der Waals surface area (Å²) in [5.74, 6) is 0. The quantitative estimate of drug-likeness (QED) is 0.751. The molecule has 3 nitrogen and oxygen atoms in total. The number of pyridine rings is 1. The molecule has 2 rings (SSSR count). The van der Waals surface area contributed by atoms with Gasteiger partial charge in [-0.15, -0.1) is 0 Å². The molecule has 0 N–H and O–H groups in total. The Kier molecular flexibility index (Phi) is 3.50. The van der Waals surface area contributed by atoms with Gasteiger partial charge in [0.1, 0.15) is 0 Å².